The van der Waals surface area contributed by atoms with Crippen LogP contribution in [0.25, 0.3) is 0 Å². The minimum absolute atomic E-state index is 0. The SMILES string of the molecule is Cc1n[nH]c(C)c1NC(=O)CCC1CCCN1.Cl. The van der Waals surface area contributed by atoms with Gasteiger partial charge in [-0.25, -0.2) is 0 Å². The van der Waals surface area contributed by atoms with E-state index in [1.807, 2.05) is 13.8 Å². The fourth-order valence-corrected chi connectivity index (χ4v) is 2.25. The van der Waals surface area contributed by atoms with E-state index in [2.05, 4.69) is 20.8 Å². The van der Waals surface area contributed by atoms with Gasteiger partial charge in [0.1, 0.15) is 0 Å². The van der Waals surface area contributed by atoms with Crippen LogP contribution in [0.15, 0.2) is 0 Å². The standard InChI is InChI=1S/C12H20N4O.ClH/c1-8-12(9(2)16-15-8)14-11(17)6-5-10-4-3-7-13-10;/h10,13H,3-7H2,1-2H3,(H,14,17)(H,15,16);1H. The third-order valence-corrected chi connectivity index (χ3v) is 3.27. The van der Waals surface area contributed by atoms with Gasteiger partial charge in [0.15, 0.2) is 0 Å². The summed E-state index contributed by atoms with van der Waals surface area (Å²) >= 11 is 0. The van der Waals surface area contributed by atoms with Crippen molar-refractivity contribution in [3.63, 3.8) is 0 Å². The van der Waals surface area contributed by atoms with Crippen molar-refractivity contribution in [3.8, 4) is 0 Å². The number of aromatic amines is 1. The Morgan fingerprint density at radius 2 is 2.28 bits per heavy atom. The second-order valence-corrected chi connectivity index (χ2v) is 4.69. The van der Waals surface area contributed by atoms with Crippen LogP contribution in [-0.4, -0.2) is 28.7 Å². The summed E-state index contributed by atoms with van der Waals surface area (Å²) in [6.07, 6.45) is 3.91. The Morgan fingerprint density at radius 1 is 1.50 bits per heavy atom. The average Bonchev–Trinajstić information content (AvgIpc) is 2.91. The van der Waals surface area contributed by atoms with Gasteiger partial charge in [-0.2, -0.15) is 5.10 Å². The Labute approximate surface area is 114 Å². The maximum absolute atomic E-state index is 11.8. The number of hydrogen-bond donors (Lipinski definition) is 3. The second-order valence-electron chi connectivity index (χ2n) is 4.69. The number of nitrogens with zero attached hydrogens (tertiary/aromatic N) is 1. The van der Waals surface area contributed by atoms with Gasteiger partial charge >= 0.3 is 0 Å². The quantitative estimate of drug-likeness (QED) is 0.784. The van der Waals surface area contributed by atoms with Crippen LogP contribution in [-0.2, 0) is 4.79 Å². The summed E-state index contributed by atoms with van der Waals surface area (Å²) < 4.78 is 0. The number of anilines is 1. The van der Waals surface area contributed by atoms with E-state index in [0.29, 0.717) is 12.5 Å². The molecule has 0 spiro atoms. The van der Waals surface area contributed by atoms with Crippen molar-refractivity contribution in [1.82, 2.24) is 15.5 Å². The molecule has 0 aromatic carbocycles. The van der Waals surface area contributed by atoms with Crippen LogP contribution in [0.2, 0.25) is 0 Å². The van der Waals surface area contributed by atoms with Crippen LogP contribution in [0.1, 0.15) is 37.1 Å². The molecule has 102 valence electrons. The van der Waals surface area contributed by atoms with Crippen molar-refractivity contribution in [2.75, 3.05) is 11.9 Å². The summed E-state index contributed by atoms with van der Waals surface area (Å²) in [5, 5.41) is 13.2. The highest BCUT2D eigenvalue weighted by molar-refractivity contribution is 5.91. The normalized spacial score (nSPS) is 18.4. The number of rotatable bonds is 4. The van der Waals surface area contributed by atoms with Crippen molar-refractivity contribution >= 4 is 24.0 Å². The zero-order chi connectivity index (χ0) is 12.3. The van der Waals surface area contributed by atoms with Crippen LogP contribution in [0.5, 0.6) is 0 Å². The smallest absolute Gasteiger partial charge is 0.224 e. The molecule has 1 aromatic rings. The lowest BCUT2D eigenvalue weighted by Crippen LogP contribution is -2.23. The molecule has 18 heavy (non-hydrogen) atoms. The van der Waals surface area contributed by atoms with E-state index in [1.165, 1.54) is 12.8 Å². The first-order valence-corrected chi connectivity index (χ1v) is 6.21. The van der Waals surface area contributed by atoms with Crippen LogP contribution < -0.4 is 10.6 Å². The first kappa shape index (κ1) is 15.0. The van der Waals surface area contributed by atoms with E-state index in [0.717, 1.165) is 30.0 Å². The van der Waals surface area contributed by atoms with Gasteiger partial charge in [0.25, 0.3) is 0 Å². The van der Waals surface area contributed by atoms with Crippen molar-refractivity contribution < 1.29 is 4.79 Å². The lowest BCUT2D eigenvalue weighted by Gasteiger charge is -2.10. The first-order valence-electron chi connectivity index (χ1n) is 6.21. The van der Waals surface area contributed by atoms with Crippen LogP contribution in [0.3, 0.4) is 0 Å². The number of aromatic nitrogens is 2. The summed E-state index contributed by atoms with van der Waals surface area (Å²) in [6, 6.07) is 0.521. The van der Waals surface area contributed by atoms with E-state index >= 15 is 0 Å². The van der Waals surface area contributed by atoms with Gasteiger partial charge in [-0.1, -0.05) is 0 Å². The predicted octanol–water partition coefficient (Wildman–Crippen LogP) is 1.92. The molecule has 1 fully saturated rings. The van der Waals surface area contributed by atoms with Crippen LogP contribution in [0.4, 0.5) is 5.69 Å². The van der Waals surface area contributed by atoms with Gasteiger partial charge in [0, 0.05) is 12.5 Å². The van der Waals surface area contributed by atoms with Gasteiger partial charge in [0.05, 0.1) is 17.1 Å². The molecule has 2 heterocycles. The predicted molar refractivity (Wildman–Crippen MR) is 74.2 cm³/mol. The number of nitrogens with one attached hydrogen (secondary N) is 3. The Bertz CT molecular complexity index is 379. The first-order chi connectivity index (χ1) is 8.16. The topological polar surface area (TPSA) is 69.8 Å². The van der Waals surface area contributed by atoms with E-state index in [-0.39, 0.29) is 18.3 Å². The largest absolute Gasteiger partial charge is 0.323 e. The Morgan fingerprint density at radius 3 is 2.83 bits per heavy atom. The van der Waals surface area contributed by atoms with E-state index in [9.17, 15) is 4.79 Å². The van der Waals surface area contributed by atoms with Crippen molar-refractivity contribution in [3.05, 3.63) is 11.4 Å². The lowest BCUT2D eigenvalue weighted by atomic mass is 10.1. The molecular weight excluding hydrogens is 252 g/mol. The van der Waals surface area contributed by atoms with Crippen LogP contribution in [0, 0.1) is 13.8 Å². The molecule has 3 N–H and O–H groups in total. The molecule has 0 bridgehead atoms. The zero-order valence-corrected chi connectivity index (χ0v) is 11.7. The third-order valence-electron chi connectivity index (χ3n) is 3.27. The molecule has 0 radical (unpaired) electrons. The van der Waals surface area contributed by atoms with Crippen molar-refractivity contribution in [1.29, 1.82) is 0 Å². The molecule has 6 heteroatoms. The Kier molecular flexibility index (Phi) is 5.62. The minimum atomic E-state index is 0. The molecule has 0 aliphatic carbocycles. The van der Waals surface area contributed by atoms with E-state index < -0.39 is 0 Å². The second kappa shape index (κ2) is 6.75. The highest BCUT2D eigenvalue weighted by atomic mass is 35.5. The van der Waals surface area contributed by atoms with Gasteiger partial charge in [-0.3, -0.25) is 9.89 Å². The highest BCUT2D eigenvalue weighted by Crippen LogP contribution is 2.17. The maximum Gasteiger partial charge on any atom is 0.224 e. The number of carbonyl (C=O) groups excluding carboxylic acids is 1. The third kappa shape index (κ3) is 3.71. The number of halogens is 1. The number of aryl methyl sites for hydroxylation is 2. The molecule has 1 atom stereocenters. The number of amides is 1. The highest BCUT2D eigenvalue weighted by Gasteiger charge is 2.16. The lowest BCUT2D eigenvalue weighted by molar-refractivity contribution is -0.116. The van der Waals surface area contributed by atoms with Crippen molar-refractivity contribution in [2.45, 2.75) is 45.6 Å². The summed E-state index contributed by atoms with van der Waals surface area (Å²) in [6.45, 7) is 4.89. The Balaban J connectivity index is 0.00000162. The monoisotopic (exact) mass is 272 g/mol. The molecule has 2 rings (SSSR count). The zero-order valence-electron chi connectivity index (χ0n) is 10.9. The van der Waals surface area contributed by atoms with Gasteiger partial charge in [-0.05, 0) is 39.7 Å². The minimum Gasteiger partial charge on any atom is -0.323 e. The summed E-state index contributed by atoms with van der Waals surface area (Å²) in [5.74, 6) is 0.0753. The summed E-state index contributed by atoms with van der Waals surface area (Å²) in [7, 11) is 0. The fourth-order valence-electron chi connectivity index (χ4n) is 2.25. The summed E-state index contributed by atoms with van der Waals surface area (Å²) in [5.41, 5.74) is 2.58. The Hall–Kier alpha value is -1.07. The van der Waals surface area contributed by atoms with E-state index in [1.54, 1.807) is 0 Å². The van der Waals surface area contributed by atoms with E-state index in [4.69, 9.17) is 0 Å². The van der Waals surface area contributed by atoms with Crippen molar-refractivity contribution in [2.24, 2.45) is 0 Å². The molecular formula is C12H21ClN4O. The molecule has 1 aliphatic heterocycles. The number of carbonyl (C=O) groups is 1. The number of hydrogen-bond acceptors (Lipinski definition) is 3. The summed E-state index contributed by atoms with van der Waals surface area (Å²) in [4.78, 5) is 11.8. The molecule has 5 nitrogen and oxygen atoms in total. The van der Waals surface area contributed by atoms with Gasteiger partial charge in [-0.15, -0.1) is 12.4 Å². The fraction of sp³-hybridized carbons (Fsp3) is 0.667. The number of H-pyrrole nitrogens is 1. The molecule has 0 saturated carbocycles. The molecule has 1 aliphatic rings. The molecule has 1 unspecified atom stereocenters. The molecule has 1 saturated heterocycles. The molecule has 1 amide bonds. The maximum atomic E-state index is 11.8. The average molecular weight is 273 g/mol. The van der Waals surface area contributed by atoms with Gasteiger partial charge < -0.3 is 10.6 Å². The van der Waals surface area contributed by atoms with Gasteiger partial charge in [0.2, 0.25) is 5.91 Å². The van der Waals surface area contributed by atoms with Crippen LogP contribution >= 0.6 is 12.4 Å². The molecule has 1 aromatic heterocycles.